The fourth-order valence-electron chi connectivity index (χ4n) is 0.835. The van der Waals surface area contributed by atoms with E-state index >= 15 is 0 Å². The molecule has 1 atom stereocenters. The molecule has 1 aromatic rings. The second-order valence-corrected chi connectivity index (χ2v) is 2.34. The van der Waals surface area contributed by atoms with Crippen molar-refractivity contribution in [2.24, 2.45) is 0 Å². The molecule has 0 aliphatic carbocycles. The van der Waals surface area contributed by atoms with E-state index in [-0.39, 0.29) is 5.92 Å². The Kier molecular flexibility index (Phi) is 2.21. The summed E-state index contributed by atoms with van der Waals surface area (Å²) in [4.78, 5) is 10.3. The first kappa shape index (κ1) is 7.00. The van der Waals surface area contributed by atoms with Crippen molar-refractivity contribution in [2.75, 3.05) is 0 Å². The maximum Gasteiger partial charge on any atom is 0.127 e. The number of aldehydes is 1. The topological polar surface area (TPSA) is 17.1 Å². The van der Waals surface area contributed by atoms with E-state index in [4.69, 9.17) is 0 Å². The lowest BCUT2D eigenvalue weighted by Gasteiger charge is -2.00. The van der Waals surface area contributed by atoms with E-state index in [9.17, 15) is 4.79 Å². The largest absolute Gasteiger partial charge is 0.303 e. The lowest BCUT2D eigenvalue weighted by molar-refractivity contribution is -0.108. The molecule has 0 fully saturated rings. The van der Waals surface area contributed by atoms with Crippen LogP contribution in [0.1, 0.15) is 18.4 Å². The van der Waals surface area contributed by atoms with E-state index in [1.165, 1.54) is 0 Å². The Hall–Kier alpha value is -1.11. The summed E-state index contributed by atoms with van der Waals surface area (Å²) >= 11 is 0. The third kappa shape index (κ3) is 1.44. The summed E-state index contributed by atoms with van der Waals surface area (Å²) < 4.78 is 0. The van der Waals surface area contributed by atoms with Gasteiger partial charge in [0.2, 0.25) is 0 Å². The number of hydrogen-bond acceptors (Lipinski definition) is 1. The standard InChI is InChI=1S/C9H10O/c1-8(7-10)9-5-3-2-4-6-9/h2-8H,1H3. The third-order valence-corrected chi connectivity index (χ3v) is 1.53. The smallest absolute Gasteiger partial charge is 0.127 e. The van der Waals surface area contributed by atoms with Crippen LogP contribution in [-0.2, 0) is 4.79 Å². The van der Waals surface area contributed by atoms with Gasteiger partial charge in [0.15, 0.2) is 0 Å². The molecular weight excluding hydrogens is 124 g/mol. The molecule has 1 heteroatoms. The first-order valence-electron chi connectivity index (χ1n) is 3.35. The summed E-state index contributed by atoms with van der Waals surface area (Å²) in [6.07, 6.45) is 0.954. The second kappa shape index (κ2) is 3.16. The maximum atomic E-state index is 10.3. The summed E-state index contributed by atoms with van der Waals surface area (Å²) in [5.41, 5.74) is 1.08. The summed E-state index contributed by atoms with van der Waals surface area (Å²) in [7, 11) is 0. The highest BCUT2D eigenvalue weighted by Gasteiger charge is 1.99. The van der Waals surface area contributed by atoms with Gasteiger partial charge in [-0.2, -0.15) is 0 Å². The van der Waals surface area contributed by atoms with Crippen LogP contribution in [0.2, 0.25) is 0 Å². The average Bonchev–Trinajstić information content (AvgIpc) is 2.05. The van der Waals surface area contributed by atoms with E-state index in [1.807, 2.05) is 37.3 Å². The van der Waals surface area contributed by atoms with Gasteiger partial charge in [0.05, 0.1) is 0 Å². The molecule has 52 valence electrons. The van der Waals surface area contributed by atoms with Crippen molar-refractivity contribution >= 4 is 6.29 Å². The van der Waals surface area contributed by atoms with Gasteiger partial charge in [-0.1, -0.05) is 37.3 Å². The third-order valence-electron chi connectivity index (χ3n) is 1.53. The molecule has 0 heterocycles. The molecule has 0 N–H and O–H groups in total. The van der Waals surface area contributed by atoms with Crippen molar-refractivity contribution in [1.82, 2.24) is 0 Å². The zero-order chi connectivity index (χ0) is 7.40. The first-order valence-corrected chi connectivity index (χ1v) is 3.35. The van der Waals surface area contributed by atoms with Crippen LogP contribution in [0, 0.1) is 0 Å². The molecule has 1 rings (SSSR count). The molecule has 1 nitrogen and oxygen atoms in total. The van der Waals surface area contributed by atoms with Crippen molar-refractivity contribution in [3.8, 4) is 0 Å². The van der Waals surface area contributed by atoms with Gasteiger partial charge in [0.25, 0.3) is 0 Å². The monoisotopic (exact) mass is 134 g/mol. The van der Waals surface area contributed by atoms with E-state index in [0.717, 1.165) is 11.8 Å². The fraction of sp³-hybridized carbons (Fsp3) is 0.222. The van der Waals surface area contributed by atoms with Crippen LogP contribution in [0.25, 0.3) is 0 Å². The van der Waals surface area contributed by atoms with Crippen molar-refractivity contribution < 1.29 is 4.79 Å². The molecular formula is C9H10O. The highest BCUT2D eigenvalue weighted by molar-refractivity contribution is 5.61. The number of benzene rings is 1. The van der Waals surface area contributed by atoms with Gasteiger partial charge >= 0.3 is 0 Å². The van der Waals surface area contributed by atoms with Gasteiger partial charge in [-0.15, -0.1) is 0 Å². The minimum Gasteiger partial charge on any atom is -0.303 e. The Balaban J connectivity index is 2.84. The van der Waals surface area contributed by atoms with Gasteiger partial charge in [-0.05, 0) is 5.56 Å². The zero-order valence-electron chi connectivity index (χ0n) is 5.95. The Morgan fingerprint density at radius 1 is 1.30 bits per heavy atom. The SMILES string of the molecule is CC(C=O)c1ccccc1. The van der Waals surface area contributed by atoms with Crippen molar-refractivity contribution in [3.63, 3.8) is 0 Å². The van der Waals surface area contributed by atoms with Crippen molar-refractivity contribution in [2.45, 2.75) is 12.8 Å². The molecule has 0 amide bonds. The number of rotatable bonds is 2. The number of carbonyl (C=O) groups is 1. The lowest BCUT2D eigenvalue weighted by atomic mass is 10.0. The van der Waals surface area contributed by atoms with Gasteiger partial charge < -0.3 is 4.79 Å². The number of hydrogen-bond donors (Lipinski definition) is 0. The van der Waals surface area contributed by atoms with Crippen LogP contribution < -0.4 is 0 Å². The Labute approximate surface area is 60.7 Å². The normalized spacial score (nSPS) is 12.5. The zero-order valence-corrected chi connectivity index (χ0v) is 5.95. The van der Waals surface area contributed by atoms with Crippen LogP contribution in [0.4, 0.5) is 0 Å². The molecule has 0 aliphatic heterocycles. The van der Waals surface area contributed by atoms with E-state index in [0.29, 0.717) is 0 Å². The van der Waals surface area contributed by atoms with Crippen LogP contribution in [0.3, 0.4) is 0 Å². The van der Waals surface area contributed by atoms with Gasteiger partial charge in [-0.3, -0.25) is 0 Å². The minimum atomic E-state index is 0.0289. The van der Waals surface area contributed by atoms with Gasteiger partial charge in [0, 0.05) is 5.92 Å². The summed E-state index contributed by atoms with van der Waals surface area (Å²) in [5.74, 6) is 0.0289. The summed E-state index contributed by atoms with van der Waals surface area (Å²) in [5, 5.41) is 0. The molecule has 0 aliphatic rings. The first-order chi connectivity index (χ1) is 4.84. The van der Waals surface area contributed by atoms with Crippen molar-refractivity contribution in [3.05, 3.63) is 35.9 Å². The molecule has 1 aromatic carbocycles. The molecule has 1 unspecified atom stereocenters. The summed E-state index contributed by atoms with van der Waals surface area (Å²) in [6, 6.07) is 9.74. The van der Waals surface area contributed by atoms with Crippen LogP contribution in [-0.4, -0.2) is 6.29 Å². The lowest BCUT2D eigenvalue weighted by Crippen LogP contribution is -1.92. The average molecular weight is 134 g/mol. The van der Waals surface area contributed by atoms with E-state index < -0.39 is 0 Å². The van der Waals surface area contributed by atoms with Crippen LogP contribution in [0.15, 0.2) is 30.3 Å². The summed E-state index contributed by atoms with van der Waals surface area (Å²) in [6.45, 7) is 1.89. The molecule has 0 spiro atoms. The minimum absolute atomic E-state index is 0.0289. The Morgan fingerprint density at radius 2 is 1.90 bits per heavy atom. The highest BCUT2D eigenvalue weighted by atomic mass is 16.1. The van der Waals surface area contributed by atoms with Crippen LogP contribution in [0.5, 0.6) is 0 Å². The van der Waals surface area contributed by atoms with Gasteiger partial charge in [0.1, 0.15) is 6.29 Å². The van der Waals surface area contributed by atoms with Crippen molar-refractivity contribution in [1.29, 1.82) is 0 Å². The number of carbonyl (C=O) groups excluding carboxylic acids is 1. The quantitative estimate of drug-likeness (QED) is 0.565. The Bertz CT molecular complexity index is 203. The highest BCUT2D eigenvalue weighted by Crippen LogP contribution is 2.10. The molecule has 0 radical (unpaired) electrons. The van der Waals surface area contributed by atoms with Gasteiger partial charge in [-0.25, -0.2) is 0 Å². The molecule has 10 heavy (non-hydrogen) atoms. The predicted octanol–water partition coefficient (Wildman–Crippen LogP) is 1.99. The molecule has 0 aromatic heterocycles. The fourth-order valence-corrected chi connectivity index (χ4v) is 0.835. The molecule has 0 bridgehead atoms. The van der Waals surface area contributed by atoms with E-state index in [1.54, 1.807) is 0 Å². The Morgan fingerprint density at radius 3 is 2.40 bits per heavy atom. The molecule has 0 saturated carbocycles. The second-order valence-electron chi connectivity index (χ2n) is 2.34. The molecule has 0 saturated heterocycles. The maximum absolute atomic E-state index is 10.3. The van der Waals surface area contributed by atoms with E-state index in [2.05, 4.69) is 0 Å². The van der Waals surface area contributed by atoms with Crippen LogP contribution >= 0.6 is 0 Å². The predicted molar refractivity (Wildman–Crippen MR) is 40.9 cm³/mol.